The first-order valence-corrected chi connectivity index (χ1v) is 13.0. The molecule has 0 unspecified atom stereocenters. The molecule has 1 aliphatic rings. The summed E-state index contributed by atoms with van der Waals surface area (Å²) in [5, 5.41) is 3.22. The van der Waals surface area contributed by atoms with Gasteiger partial charge in [0.05, 0.1) is 0 Å². The van der Waals surface area contributed by atoms with Gasteiger partial charge in [-0.15, -0.1) is 0 Å². The van der Waals surface area contributed by atoms with E-state index in [1.54, 1.807) is 23.1 Å². The predicted octanol–water partition coefficient (Wildman–Crippen LogP) is 5.85. The number of amides is 2. The topological polar surface area (TPSA) is 49.4 Å². The average molecular weight is 487 g/mol. The molecular weight excluding hydrogens is 451 g/mol. The van der Waals surface area contributed by atoms with Crippen LogP contribution >= 0.6 is 0 Å². The van der Waals surface area contributed by atoms with Gasteiger partial charge in [0.25, 0.3) is 0 Å². The van der Waals surface area contributed by atoms with E-state index in [1.165, 1.54) is 12.5 Å². The molecule has 0 saturated heterocycles. The minimum Gasteiger partial charge on any atom is -0.352 e. The molecule has 0 heterocycles. The quantitative estimate of drug-likeness (QED) is 0.391. The zero-order valence-electron chi connectivity index (χ0n) is 20.7. The Labute approximate surface area is 213 Å². The van der Waals surface area contributed by atoms with Crippen molar-refractivity contribution in [1.29, 1.82) is 0 Å². The third kappa shape index (κ3) is 7.27. The van der Waals surface area contributed by atoms with E-state index >= 15 is 0 Å². The van der Waals surface area contributed by atoms with Crippen molar-refractivity contribution >= 4 is 11.8 Å². The molecule has 188 valence electrons. The zero-order chi connectivity index (χ0) is 25.2. The molecule has 0 aromatic heterocycles. The summed E-state index contributed by atoms with van der Waals surface area (Å²) in [6.07, 6.45) is 6.50. The normalized spacial score (nSPS) is 14.7. The van der Waals surface area contributed by atoms with Crippen molar-refractivity contribution in [1.82, 2.24) is 10.2 Å². The Morgan fingerprint density at radius 2 is 1.44 bits per heavy atom. The lowest BCUT2D eigenvalue weighted by atomic mass is 9.94. The molecule has 3 aromatic rings. The molecule has 5 heteroatoms. The molecule has 0 aliphatic heterocycles. The number of benzene rings is 3. The second-order valence-corrected chi connectivity index (χ2v) is 9.65. The fourth-order valence-electron chi connectivity index (χ4n) is 4.95. The third-order valence-electron chi connectivity index (χ3n) is 6.99. The van der Waals surface area contributed by atoms with E-state index in [9.17, 15) is 14.0 Å². The number of hydrogen-bond acceptors (Lipinski definition) is 2. The van der Waals surface area contributed by atoms with Crippen LogP contribution in [0.4, 0.5) is 4.39 Å². The van der Waals surface area contributed by atoms with Crippen LogP contribution in [0, 0.1) is 5.82 Å². The molecule has 3 aromatic carbocycles. The molecule has 0 spiro atoms. The van der Waals surface area contributed by atoms with Gasteiger partial charge in [-0.2, -0.15) is 0 Å². The van der Waals surface area contributed by atoms with Gasteiger partial charge in [0.2, 0.25) is 11.8 Å². The van der Waals surface area contributed by atoms with E-state index in [0.717, 1.165) is 36.8 Å². The maximum atomic E-state index is 14.7. The van der Waals surface area contributed by atoms with Crippen LogP contribution in [0.5, 0.6) is 0 Å². The first kappa shape index (κ1) is 25.6. The molecule has 1 atom stereocenters. The van der Waals surface area contributed by atoms with Crippen molar-refractivity contribution in [2.45, 2.75) is 70.0 Å². The van der Waals surface area contributed by atoms with E-state index in [2.05, 4.69) is 5.32 Å². The lowest BCUT2D eigenvalue weighted by molar-refractivity contribution is -0.141. The predicted molar refractivity (Wildman–Crippen MR) is 141 cm³/mol. The van der Waals surface area contributed by atoms with Crippen LogP contribution in [0.3, 0.4) is 0 Å². The van der Waals surface area contributed by atoms with E-state index in [1.807, 2.05) is 60.7 Å². The Morgan fingerprint density at radius 3 is 2.11 bits per heavy atom. The number of carbonyl (C=O) groups is 2. The molecule has 4 rings (SSSR count). The SMILES string of the molecule is O=C(NC1CCCCC1)[C@H](Cc1ccccc1)N(Cc1ccccc1F)C(=O)CCc1ccccc1. The third-order valence-corrected chi connectivity index (χ3v) is 6.99. The number of carbonyl (C=O) groups excluding carboxylic acids is 2. The highest BCUT2D eigenvalue weighted by Crippen LogP contribution is 2.21. The number of halogens is 1. The molecular formula is C31H35FN2O2. The van der Waals surface area contributed by atoms with E-state index in [-0.39, 0.29) is 36.6 Å². The molecule has 0 radical (unpaired) electrons. The summed E-state index contributed by atoms with van der Waals surface area (Å²) < 4.78 is 14.7. The minimum atomic E-state index is -0.725. The van der Waals surface area contributed by atoms with Gasteiger partial charge >= 0.3 is 0 Å². The second kappa shape index (κ2) is 13.0. The fourth-order valence-corrected chi connectivity index (χ4v) is 4.95. The Hall–Kier alpha value is -3.47. The van der Waals surface area contributed by atoms with Crippen LogP contribution in [0.15, 0.2) is 84.9 Å². The average Bonchev–Trinajstić information content (AvgIpc) is 2.92. The largest absolute Gasteiger partial charge is 0.352 e. The Bertz CT molecular complexity index is 1110. The lowest BCUT2D eigenvalue weighted by Crippen LogP contribution is -2.53. The molecule has 0 bridgehead atoms. The summed E-state index contributed by atoms with van der Waals surface area (Å²) in [5.74, 6) is -0.679. The Balaban J connectivity index is 1.61. The van der Waals surface area contributed by atoms with Crippen LogP contribution in [0.25, 0.3) is 0 Å². The summed E-state index contributed by atoms with van der Waals surface area (Å²) in [7, 11) is 0. The first-order valence-electron chi connectivity index (χ1n) is 13.0. The van der Waals surface area contributed by atoms with E-state index in [0.29, 0.717) is 18.4 Å². The first-order chi connectivity index (χ1) is 17.6. The minimum absolute atomic E-state index is 0.0515. The summed E-state index contributed by atoms with van der Waals surface area (Å²) in [5.41, 5.74) is 2.44. The van der Waals surface area contributed by atoms with Gasteiger partial charge in [0.15, 0.2) is 0 Å². The van der Waals surface area contributed by atoms with Gasteiger partial charge in [0.1, 0.15) is 11.9 Å². The maximum Gasteiger partial charge on any atom is 0.243 e. The van der Waals surface area contributed by atoms with Gasteiger partial charge in [-0.3, -0.25) is 9.59 Å². The summed E-state index contributed by atoms with van der Waals surface area (Å²) in [4.78, 5) is 29.0. The molecule has 1 saturated carbocycles. The van der Waals surface area contributed by atoms with Crippen molar-refractivity contribution in [3.05, 3.63) is 107 Å². The Kier molecular flexibility index (Phi) is 9.26. The number of rotatable bonds is 10. The fraction of sp³-hybridized carbons (Fsp3) is 0.355. The highest BCUT2D eigenvalue weighted by atomic mass is 19.1. The summed E-state index contributed by atoms with van der Waals surface area (Å²) >= 11 is 0. The van der Waals surface area contributed by atoms with Crippen LogP contribution in [-0.2, 0) is 29.0 Å². The number of nitrogens with zero attached hydrogens (tertiary/aromatic N) is 1. The molecule has 1 aliphatic carbocycles. The number of hydrogen-bond donors (Lipinski definition) is 1. The van der Waals surface area contributed by atoms with Gasteiger partial charge in [-0.25, -0.2) is 4.39 Å². The zero-order valence-corrected chi connectivity index (χ0v) is 20.7. The van der Waals surface area contributed by atoms with E-state index < -0.39 is 6.04 Å². The highest BCUT2D eigenvalue weighted by Gasteiger charge is 2.32. The van der Waals surface area contributed by atoms with Crippen LogP contribution in [0.2, 0.25) is 0 Å². The molecule has 1 fully saturated rings. The maximum absolute atomic E-state index is 14.7. The highest BCUT2D eigenvalue weighted by molar-refractivity contribution is 5.88. The van der Waals surface area contributed by atoms with Gasteiger partial charge in [-0.1, -0.05) is 98.1 Å². The van der Waals surface area contributed by atoms with Gasteiger partial charge in [0, 0.05) is 31.0 Å². The Morgan fingerprint density at radius 1 is 0.833 bits per heavy atom. The van der Waals surface area contributed by atoms with Crippen molar-refractivity contribution in [2.75, 3.05) is 0 Å². The monoisotopic (exact) mass is 486 g/mol. The molecule has 4 nitrogen and oxygen atoms in total. The number of nitrogens with one attached hydrogen (secondary N) is 1. The van der Waals surface area contributed by atoms with Crippen molar-refractivity contribution in [3.8, 4) is 0 Å². The lowest BCUT2D eigenvalue weighted by Gasteiger charge is -2.33. The summed E-state index contributed by atoms with van der Waals surface area (Å²) in [6.45, 7) is 0.0515. The van der Waals surface area contributed by atoms with Crippen molar-refractivity contribution in [3.63, 3.8) is 0 Å². The smallest absolute Gasteiger partial charge is 0.243 e. The molecule has 1 N–H and O–H groups in total. The van der Waals surface area contributed by atoms with Crippen LogP contribution < -0.4 is 5.32 Å². The standard InChI is InChI=1S/C31H35FN2O2/c32-28-19-11-10-16-26(28)23-34(30(35)21-20-24-12-4-1-5-13-24)29(22-25-14-6-2-7-15-25)31(36)33-27-17-8-3-9-18-27/h1-2,4-7,10-16,19,27,29H,3,8-9,17-18,20-23H2,(H,33,36)/t29-/m0/s1. The van der Waals surface area contributed by atoms with Crippen molar-refractivity contribution < 1.29 is 14.0 Å². The molecule has 2 amide bonds. The van der Waals surface area contributed by atoms with Crippen LogP contribution in [-0.4, -0.2) is 28.8 Å². The number of aryl methyl sites for hydroxylation is 1. The van der Waals surface area contributed by atoms with Gasteiger partial charge < -0.3 is 10.2 Å². The van der Waals surface area contributed by atoms with E-state index in [4.69, 9.17) is 0 Å². The second-order valence-electron chi connectivity index (χ2n) is 9.65. The van der Waals surface area contributed by atoms with Crippen LogP contribution in [0.1, 0.15) is 55.2 Å². The van der Waals surface area contributed by atoms with Gasteiger partial charge in [-0.05, 0) is 36.5 Å². The molecule has 36 heavy (non-hydrogen) atoms. The van der Waals surface area contributed by atoms with Crippen molar-refractivity contribution in [2.24, 2.45) is 0 Å². The summed E-state index contributed by atoms with van der Waals surface area (Å²) in [6, 6.07) is 25.5.